The highest BCUT2D eigenvalue weighted by Crippen LogP contribution is 2.34. The van der Waals surface area contributed by atoms with Crippen molar-refractivity contribution in [3.63, 3.8) is 0 Å². The number of nitrogens with zero attached hydrogens (tertiary/aromatic N) is 2. The smallest absolute Gasteiger partial charge is 0.209 e. The Morgan fingerprint density at radius 2 is 1.94 bits per heavy atom. The molecule has 1 heterocycles. The predicted molar refractivity (Wildman–Crippen MR) is 58.0 cm³/mol. The van der Waals surface area contributed by atoms with Gasteiger partial charge in [-0.25, -0.2) is 9.37 Å². The summed E-state index contributed by atoms with van der Waals surface area (Å²) < 4.78 is 54.5. The van der Waals surface area contributed by atoms with E-state index in [1.807, 2.05) is 0 Å². The lowest BCUT2D eigenvalue weighted by Gasteiger charge is -2.08. The van der Waals surface area contributed by atoms with E-state index in [0.29, 0.717) is 5.01 Å². The lowest BCUT2D eigenvalue weighted by atomic mass is 10.1. The Morgan fingerprint density at radius 1 is 1.24 bits per heavy atom. The number of benzene rings is 1. The van der Waals surface area contributed by atoms with Crippen molar-refractivity contribution in [2.75, 3.05) is 0 Å². The largest absolute Gasteiger partial charge is 0.419 e. The van der Waals surface area contributed by atoms with Crippen molar-refractivity contribution in [3.05, 3.63) is 34.3 Å². The summed E-state index contributed by atoms with van der Waals surface area (Å²) in [6.45, 7) is 0. The summed E-state index contributed by atoms with van der Waals surface area (Å²) in [6, 6.07) is 2.73. The predicted octanol–water partition coefficient (Wildman–Crippen LogP) is 4.13. The second-order valence-electron chi connectivity index (χ2n) is 3.06. The molecule has 8 heteroatoms. The third-order valence-electron chi connectivity index (χ3n) is 1.92. The molecule has 0 aliphatic carbocycles. The van der Waals surface area contributed by atoms with Crippen molar-refractivity contribution in [3.8, 4) is 10.6 Å². The molecular formula is C9H3BrF4N2S. The fourth-order valence-corrected chi connectivity index (χ4v) is 2.27. The van der Waals surface area contributed by atoms with E-state index in [1.54, 1.807) is 0 Å². The summed E-state index contributed by atoms with van der Waals surface area (Å²) in [4.78, 5) is 3.87. The molecule has 0 saturated carbocycles. The van der Waals surface area contributed by atoms with E-state index in [-0.39, 0.29) is 10.3 Å². The van der Waals surface area contributed by atoms with E-state index in [0.717, 1.165) is 23.7 Å². The molecule has 0 N–H and O–H groups in total. The van der Waals surface area contributed by atoms with Gasteiger partial charge in [0.05, 0.1) is 5.56 Å². The number of alkyl halides is 3. The van der Waals surface area contributed by atoms with Crippen LogP contribution in [-0.2, 0) is 6.18 Å². The molecular weight excluding hydrogens is 324 g/mol. The van der Waals surface area contributed by atoms with Crippen LogP contribution in [0.4, 0.5) is 17.6 Å². The van der Waals surface area contributed by atoms with Gasteiger partial charge in [-0.05, 0) is 45.7 Å². The van der Waals surface area contributed by atoms with Gasteiger partial charge in [0, 0.05) is 5.56 Å². The maximum absolute atomic E-state index is 13.0. The van der Waals surface area contributed by atoms with Crippen LogP contribution in [0, 0.1) is 5.82 Å². The highest BCUT2D eigenvalue weighted by Gasteiger charge is 2.34. The van der Waals surface area contributed by atoms with E-state index < -0.39 is 17.6 Å². The molecule has 0 spiro atoms. The van der Waals surface area contributed by atoms with Gasteiger partial charge >= 0.3 is 6.18 Å². The molecule has 1 aromatic heterocycles. The Kier molecular flexibility index (Phi) is 3.17. The number of hydrogen-bond donors (Lipinski definition) is 0. The van der Waals surface area contributed by atoms with Crippen LogP contribution in [0.25, 0.3) is 10.6 Å². The molecule has 0 fully saturated rings. The molecule has 1 aromatic carbocycles. The topological polar surface area (TPSA) is 25.8 Å². The molecule has 2 nitrogen and oxygen atoms in total. The lowest BCUT2D eigenvalue weighted by molar-refractivity contribution is -0.139. The number of aromatic nitrogens is 2. The van der Waals surface area contributed by atoms with Crippen molar-refractivity contribution < 1.29 is 17.6 Å². The first-order valence-corrected chi connectivity index (χ1v) is 5.81. The molecule has 0 aliphatic heterocycles. The average molecular weight is 327 g/mol. The maximum atomic E-state index is 13.0. The fourth-order valence-electron chi connectivity index (χ4n) is 1.20. The molecule has 0 saturated heterocycles. The van der Waals surface area contributed by atoms with Crippen LogP contribution >= 0.6 is 27.5 Å². The quantitative estimate of drug-likeness (QED) is 0.736. The third kappa shape index (κ3) is 2.63. The normalized spacial score (nSPS) is 11.8. The van der Waals surface area contributed by atoms with Crippen molar-refractivity contribution in [1.82, 2.24) is 9.36 Å². The van der Waals surface area contributed by atoms with Crippen LogP contribution in [-0.4, -0.2) is 9.36 Å². The van der Waals surface area contributed by atoms with Crippen molar-refractivity contribution in [2.45, 2.75) is 6.18 Å². The summed E-state index contributed by atoms with van der Waals surface area (Å²) in [5, 5.41) is 0.294. The average Bonchev–Trinajstić information content (AvgIpc) is 2.64. The summed E-state index contributed by atoms with van der Waals surface area (Å²) in [5.41, 5.74) is -1.12. The minimum atomic E-state index is -4.72. The molecule has 2 rings (SSSR count). The molecule has 0 radical (unpaired) electrons. The maximum Gasteiger partial charge on any atom is 0.419 e. The number of hydrogen-bond acceptors (Lipinski definition) is 3. The summed E-state index contributed by atoms with van der Waals surface area (Å²) >= 11 is 3.92. The number of rotatable bonds is 1. The molecule has 2 aromatic rings. The van der Waals surface area contributed by atoms with Gasteiger partial charge in [0.1, 0.15) is 10.8 Å². The lowest BCUT2D eigenvalue weighted by Crippen LogP contribution is -2.08. The summed E-state index contributed by atoms with van der Waals surface area (Å²) in [7, 11) is 0. The Bertz CT molecular complexity index is 552. The Morgan fingerprint density at radius 3 is 2.47 bits per heavy atom. The van der Waals surface area contributed by atoms with Crippen LogP contribution in [0.5, 0.6) is 0 Å². The van der Waals surface area contributed by atoms with Gasteiger partial charge in [0.15, 0.2) is 0 Å². The minimum Gasteiger partial charge on any atom is -0.209 e. The van der Waals surface area contributed by atoms with Gasteiger partial charge in [0.2, 0.25) is 4.73 Å². The SMILES string of the molecule is Fc1ccc(-c2nc(Br)ns2)cc1C(F)(F)F. The zero-order chi connectivity index (χ0) is 12.6. The van der Waals surface area contributed by atoms with Crippen LogP contribution < -0.4 is 0 Å². The second-order valence-corrected chi connectivity index (χ2v) is 4.52. The van der Waals surface area contributed by atoms with Gasteiger partial charge in [0.25, 0.3) is 0 Å². The van der Waals surface area contributed by atoms with E-state index in [4.69, 9.17) is 0 Å². The van der Waals surface area contributed by atoms with Crippen LogP contribution in [0.3, 0.4) is 0 Å². The molecule has 0 unspecified atom stereocenters. The first-order valence-electron chi connectivity index (χ1n) is 4.24. The van der Waals surface area contributed by atoms with Crippen molar-refractivity contribution in [1.29, 1.82) is 0 Å². The zero-order valence-electron chi connectivity index (χ0n) is 7.92. The molecule has 17 heavy (non-hydrogen) atoms. The highest BCUT2D eigenvalue weighted by molar-refractivity contribution is 9.10. The number of halogens is 5. The Hall–Kier alpha value is -1.02. The minimum absolute atomic E-state index is 0.182. The van der Waals surface area contributed by atoms with Gasteiger partial charge in [-0.3, -0.25) is 0 Å². The van der Waals surface area contributed by atoms with E-state index in [1.165, 1.54) is 6.07 Å². The van der Waals surface area contributed by atoms with E-state index >= 15 is 0 Å². The van der Waals surface area contributed by atoms with Gasteiger partial charge < -0.3 is 0 Å². The summed E-state index contributed by atoms with van der Waals surface area (Å²) in [5.74, 6) is -1.30. The second kappa shape index (κ2) is 4.34. The molecule has 90 valence electrons. The first-order chi connectivity index (χ1) is 7.88. The van der Waals surface area contributed by atoms with Gasteiger partial charge in [-0.2, -0.15) is 17.5 Å². The van der Waals surface area contributed by atoms with Crippen LogP contribution in [0.15, 0.2) is 22.9 Å². The molecule has 0 amide bonds. The first kappa shape index (κ1) is 12.4. The van der Waals surface area contributed by atoms with Crippen molar-refractivity contribution >= 4 is 27.5 Å². The fraction of sp³-hybridized carbons (Fsp3) is 0.111. The van der Waals surface area contributed by atoms with Crippen molar-refractivity contribution in [2.24, 2.45) is 0 Å². The zero-order valence-corrected chi connectivity index (χ0v) is 10.3. The van der Waals surface area contributed by atoms with Gasteiger partial charge in [-0.1, -0.05) is 0 Å². The standard InChI is InChI=1S/C9H3BrF4N2S/c10-8-15-7(17-16-8)4-1-2-6(11)5(3-4)9(12,13)14/h1-3H. The van der Waals surface area contributed by atoms with Crippen LogP contribution in [0.2, 0.25) is 0 Å². The van der Waals surface area contributed by atoms with E-state index in [9.17, 15) is 17.6 Å². The molecule has 0 atom stereocenters. The van der Waals surface area contributed by atoms with Gasteiger partial charge in [-0.15, -0.1) is 0 Å². The monoisotopic (exact) mass is 326 g/mol. The van der Waals surface area contributed by atoms with E-state index in [2.05, 4.69) is 25.3 Å². The Labute approximate surface area is 106 Å². The molecule has 0 aliphatic rings. The summed E-state index contributed by atoms with van der Waals surface area (Å²) in [6.07, 6.45) is -4.72. The van der Waals surface area contributed by atoms with Crippen LogP contribution in [0.1, 0.15) is 5.56 Å². The highest BCUT2D eigenvalue weighted by atomic mass is 79.9. The Balaban J connectivity index is 2.51. The molecule has 0 bridgehead atoms. The third-order valence-corrected chi connectivity index (χ3v) is 3.27.